The summed E-state index contributed by atoms with van der Waals surface area (Å²) in [6.45, 7) is 0.475. The van der Waals surface area contributed by atoms with E-state index in [2.05, 4.69) is 22.8 Å². The Hall–Kier alpha value is -1.55. The van der Waals surface area contributed by atoms with E-state index in [1.165, 1.54) is 15.6 Å². The Balaban J connectivity index is 1.86. The molecule has 3 nitrogen and oxygen atoms in total. The number of benzene rings is 1. The Morgan fingerprint density at radius 3 is 3.12 bits per heavy atom. The Kier molecular flexibility index (Phi) is 2.29. The molecule has 0 unspecified atom stereocenters. The van der Waals surface area contributed by atoms with Gasteiger partial charge in [-0.1, -0.05) is 18.2 Å². The molecule has 0 aliphatic carbocycles. The van der Waals surface area contributed by atoms with Gasteiger partial charge in [0.05, 0.1) is 6.04 Å². The van der Waals surface area contributed by atoms with Gasteiger partial charge in [0, 0.05) is 4.70 Å². The highest BCUT2D eigenvalue weighted by atomic mass is 32.1. The summed E-state index contributed by atoms with van der Waals surface area (Å²) in [4.78, 5) is 10.9. The zero-order valence-corrected chi connectivity index (χ0v) is 9.42. The first kappa shape index (κ1) is 9.66. The number of rotatable bonds is 2. The minimum atomic E-state index is -0.301. The second-order valence-electron chi connectivity index (χ2n) is 3.90. The van der Waals surface area contributed by atoms with Gasteiger partial charge in [0.15, 0.2) is 0 Å². The van der Waals surface area contributed by atoms with Crippen molar-refractivity contribution in [3.63, 3.8) is 0 Å². The molecule has 2 aromatic rings. The van der Waals surface area contributed by atoms with Gasteiger partial charge in [0.25, 0.3) is 0 Å². The SMILES string of the molecule is O=C1N[C@@H](Cc2csc3ccccc23)CO1. The summed E-state index contributed by atoms with van der Waals surface area (Å²) in [5.41, 5.74) is 1.29. The molecule has 1 amide bonds. The van der Waals surface area contributed by atoms with Crippen LogP contribution < -0.4 is 5.32 Å². The maximum absolute atomic E-state index is 10.9. The van der Waals surface area contributed by atoms with Crippen molar-refractivity contribution in [1.29, 1.82) is 0 Å². The fourth-order valence-corrected chi connectivity index (χ4v) is 2.97. The minimum absolute atomic E-state index is 0.116. The molecule has 0 spiro atoms. The Morgan fingerprint density at radius 1 is 1.44 bits per heavy atom. The third-order valence-electron chi connectivity index (χ3n) is 2.77. The number of fused-ring (bicyclic) bond motifs is 1. The fraction of sp³-hybridized carbons (Fsp3) is 0.250. The molecular formula is C12H11NO2S. The molecule has 2 heterocycles. The molecule has 4 heteroatoms. The van der Waals surface area contributed by atoms with Crippen LogP contribution in [0.25, 0.3) is 10.1 Å². The molecule has 1 aliphatic rings. The number of carbonyl (C=O) groups is 1. The molecule has 1 aromatic carbocycles. The number of hydrogen-bond donors (Lipinski definition) is 1. The first-order chi connectivity index (χ1) is 7.83. The molecule has 1 saturated heterocycles. The highest BCUT2D eigenvalue weighted by Crippen LogP contribution is 2.26. The number of carbonyl (C=O) groups excluding carboxylic acids is 1. The van der Waals surface area contributed by atoms with Crippen molar-refractivity contribution in [1.82, 2.24) is 5.32 Å². The molecule has 0 saturated carbocycles. The second-order valence-corrected chi connectivity index (χ2v) is 4.81. The third-order valence-corrected chi connectivity index (χ3v) is 3.78. The zero-order chi connectivity index (χ0) is 11.0. The average Bonchev–Trinajstić information content (AvgIpc) is 2.87. The lowest BCUT2D eigenvalue weighted by molar-refractivity contribution is 0.177. The van der Waals surface area contributed by atoms with Crippen LogP contribution in [-0.2, 0) is 11.2 Å². The quantitative estimate of drug-likeness (QED) is 0.865. The number of amides is 1. The number of cyclic esters (lactones) is 1. The van der Waals surface area contributed by atoms with Gasteiger partial charge in [-0.3, -0.25) is 0 Å². The summed E-state index contributed by atoms with van der Waals surface area (Å²) in [5, 5.41) is 6.25. The predicted molar refractivity (Wildman–Crippen MR) is 63.8 cm³/mol. The van der Waals surface area contributed by atoms with Gasteiger partial charge in [-0.15, -0.1) is 11.3 Å². The fourth-order valence-electron chi connectivity index (χ4n) is 1.99. The highest BCUT2D eigenvalue weighted by molar-refractivity contribution is 7.17. The number of ether oxygens (including phenoxy) is 1. The smallest absolute Gasteiger partial charge is 0.407 e. The molecule has 3 rings (SSSR count). The average molecular weight is 233 g/mol. The van der Waals surface area contributed by atoms with Gasteiger partial charge in [0.2, 0.25) is 0 Å². The lowest BCUT2D eigenvalue weighted by Crippen LogP contribution is -2.28. The van der Waals surface area contributed by atoms with E-state index in [9.17, 15) is 4.79 Å². The van der Waals surface area contributed by atoms with Crippen molar-refractivity contribution in [2.75, 3.05) is 6.61 Å². The van der Waals surface area contributed by atoms with E-state index < -0.39 is 0 Å². The van der Waals surface area contributed by atoms with E-state index in [1.807, 2.05) is 12.1 Å². The van der Waals surface area contributed by atoms with E-state index in [0.29, 0.717) is 6.61 Å². The van der Waals surface area contributed by atoms with Crippen LogP contribution in [0.2, 0.25) is 0 Å². The van der Waals surface area contributed by atoms with Crippen LogP contribution in [0.3, 0.4) is 0 Å². The largest absolute Gasteiger partial charge is 0.447 e. The summed E-state index contributed by atoms with van der Waals surface area (Å²) in [5.74, 6) is 0. The molecule has 82 valence electrons. The lowest BCUT2D eigenvalue weighted by atomic mass is 10.1. The molecule has 1 atom stereocenters. The van der Waals surface area contributed by atoms with Crippen LogP contribution in [0.1, 0.15) is 5.56 Å². The van der Waals surface area contributed by atoms with Crippen LogP contribution >= 0.6 is 11.3 Å². The lowest BCUT2D eigenvalue weighted by Gasteiger charge is -2.05. The van der Waals surface area contributed by atoms with Crippen LogP contribution in [0.4, 0.5) is 4.79 Å². The van der Waals surface area contributed by atoms with Gasteiger partial charge in [-0.05, 0) is 28.8 Å². The Bertz CT molecular complexity index is 535. The number of thiophene rings is 1. The summed E-state index contributed by atoms with van der Waals surface area (Å²) in [6.07, 6.45) is 0.542. The monoisotopic (exact) mass is 233 g/mol. The maximum atomic E-state index is 10.9. The van der Waals surface area contributed by atoms with Crippen LogP contribution in [-0.4, -0.2) is 18.7 Å². The topological polar surface area (TPSA) is 38.3 Å². The maximum Gasteiger partial charge on any atom is 0.407 e. The highest BCUT2D eigenvalue weighted by Gasteiger charge is 2.23. The first-order valence-corrected chi connectivity index (χ1v) is 6.09. The molecular weight excluding hydrogens is 222 g/mol. The number of alkyl carbamates (subject to hydrolysis) is 1. The van der Waals surface area contributed by atoms with E-state index in [0.717, 1.165) is 6.42 Å². The van der Waals surface area contributed by atoms with Crippen molar-refractivity contribution in [2.45, 2.75) is 12.5 Å². The first-order valence-electron chi connectivity index (χ1n) is 5.21. The van der Waals surface area contributed by atoms with E-state index in [1.54, 1.807) is 11.3 Å². The summed E-state index contributed by atoms with van der Waals surface area (Å²) < 4.78 is 6.17. The molecule has 1 N–H and O–H groups in total. The number of hydrogen-bond acceptors (Lipinski definition) is 3. The predicted octanol–water partition coefficient (Wildman–Crippen LogP) is 2.55. The van der Waals surface area contributed by atoms with Gasteiger partial charge in [-0.2, -0.15) is 0 Å². The molecule has 0 radical (unpaired) electrons. The normalized spacial score (nSPS) is 19.8. The Morgan fingerprint density at radius 2 is 2.31 bits per heavy atom. The van der Waals surface area contributed by atoms with Crippen molar-refractivity contribution in [3.8, 4) is 0 Å². The molecule has 0 bridgehead atoms. The van der Waals surface area contributed by atoms with E-state index >= 15 is 0 Å². The van der Waals surface area contributed by atoms with Crippen LogP contribution in [0, 0.1) is 0 Å². The van der Waals surface area contributed by atoms with Crippen LogP contribution in [0.15, 0.2) is 29.6 Å². The van der Waals surface area contributed by atoms with Crippen LogP contribution in [0.5, 0.6) is 0 Å². The summed E-state index contributed by atoms with van der Waals surface area (Å²) in [6, 6.07) is 8.45. The molecule has 1 aliphatic heterocycles. The van der Waals surface area contributed by atoms with Gasteiger partial charge < -0.3 is 10.1 Å². The second kappa shape index (κ2) is 3.79. The Labute approximate surface area is 97.0 Å². The third kappa shape index (κ3) is 1.65. The van der Waals surface area contributed by atoms with Crippen molar-refractivity contribution >= 4 is 27.5 Å². The van der Waals surface area contributed by atoms with Gasteiger partial charge >= 0.3 is 6.09 Å². The van der Waals surface area contributed by atoms with Gasteiger partial charge in [-0.25, -0.2) is 4.79 Å². The number of nitrogens with one attached hydrogen (secondary N) is 1. The summed E-state index contributed by atoms with van der Waals surface area (Å²) >= 11 is 1.74. The molecule has 1 fully saturated rings. The standard InChI is InChI=1S/C12H11NO2S/c14-12-13-9(6-15-12)5-8-7-16-11-4-2-1-3-10(8)11/h1-4,7,9H,5-6H2,(H,13,14)/t9-/m0/s1. The zero-order valence-electron chi connectivity index (χ0n) is 8.60. The van der Waals surface area contributed by atoms with E-state index in [4.69, 9.17) is 4.74 Å². The summed E-state index contributed by atoms with van der Waals surface area (Å²) in [7, 11) is 0. The van der Waals surface area contributed by atoms with Crippen molar-refractivity contribution in [2.24, 2.45) is 0 Å². The van der Waals surface area contributed by atoms with Gasteiger partial charge in [0.1, 0.15) is 6.61 Å². The minimum Gasteiger partial charge on any atom is -0.447 e. The van der Waals surface area contributed by atoms with E-state index in [-0.39, 0.29) is 12.1 Å². The molecule has 1 aromatic heterocycles. The van der Waals surface area contributed by atoms with Crippen molar-refractivity contribution < 1.29 is 9.53 Å². The molecule has 16 heavy (non-hydrogen) atoms. The van der Waals surface area contributed by atoms with Crippen molar-refractivity contribution in [3.05, 3.63) is 35.2 Å².